The van der Waals surface area contributed by atoms with Crippen LogP contribution in [0.25, 0.3) is 0 Å². The number of carbonyl (C=O) groups excluding carboxylic acids is 1. The molecule has 0 heterocycles. The quantitative estimate of drug-likeness (QED) is 0.720. The molecule has 1 rings (SSSR count). The molecule has 0 saturated heterocycles. The number of benzene rings is 1. The lowest BCUT2D eigenvalue weighted by Gasteiger charge is -2.13. The summed E-state index contributed by atoms with van der Waals surface area (Å²) in [5.41, 5.74) is 0.837. The Kier molecular flexibility index (Phi) is 3.96. The predicted molar refractivity (Wildman–Crippen MR) is 56.5 cm³/mol. The van der Waals surface area contributed by atoms with E-state index in [4.69, 9.17) is 16.3 Å². The van der Waals surface area contributed by atoms with Gasteiger partial charge in [0.15, 0.2) is 0 Å². The molecule has 0 saturated carbocycles. The number of esters is 1. The highest BCUT2D eigenvalue weighted by Crippen LogP contribution is 2.27. The monoisotopic (exact) mass is 212 g/mol. The van der Waals surface area contributed by atoms with Gasteiger partial charge in [-0.2, -0.15) is 0 Å². The van der Waals surface area contributed by atoms with Gasteiger partial charge in [0.05, 0.1) is 13.0 Å². The van der Waals surface area contributed by atoms with Crippen LogP contribution >= 0.6 is 11.6 Å². The Labute approximate surface area is 88.8 Å². The van der Waals surface area contributed by atoms with Gasteiger partial charge in [-0.25, -0.2) is 0 Å². The summed E-state index contributed by atoms with van der Waals surface area (Å²) < 4.78 is 4.72. The minimum absolute atomic E-state index is 0.236. The van der Waals surface area contributed by atoms with Crippen molar-refractivity contribution in [3.05, 3.63) is 34.9 Å². The van der Waals surface area contributed by atoms with E-state index in [1.807, 2.05) is 25.1 Å². The van der Waals surface area contributed by atoms with Gasteiger partial charge in [0, 0.05) is 5.02 Å². The SMILES string of the molecule is CCC(C(=O)OC)c1ccccc1Cl. The third-order valence-corrected chi connectivity index (χ3v) is 2.52. The zero-order valence-electron chi connectivity index (χ0n) is 8.29. The van der Waals surface area contributed by atoms with Gasteiger partial charge >= 0.3 is 5.97 Å². The van der Waals surface area contributed by atoms with Gasteiger partial charge in [-0.15, -0.1) is 0 Å². The minimum atomic E-state index is -0.256. The molecule has 0 N–H and O–H groups in total. The second-order valence-electron chi connectivity index (χ2n) is 3.01. The normalized spacial score (nSPS) is 12.2. The molecule has 1 unspecified atom stereocenters. The Balaban J connectivity index is 3.01. The standard InChI is InChI=1S/C11H13ClO2/c1-3-8(11(13)14-2)9-6-4-5-7-10(9)12/h4-8H,3H2,1-2H3. The van der Waals surface area contributed by atoms with Crippen molar-refractivity contribution in [3.63, 3.8) is 0 Å². The van der Waals surface area contributed by atoms with Gasteiger partial charge in [-0.3, -0.25) is 4.79 Å². The van der Waals surface area contributed by atoms with Gasteiger partial charge in [-0.05, 0) is 18.1 Å². The second kappa shape index (κ2) is 5.01. The molecule has 0 fully saturated rings. The first-order valence-corrected chi connectivity index (χ1v) is 4.90. The number of halogens is 1. The predicted octanol–water partition coefficient (Wildman–Crippen LogP) is 3.01. The number of rotatable bonds is 3. The average Bonchev–Trinajstić information content (AvgIpc) is 2.21. The van der Waals surface area contributed by atoms with E-state index in [2.05, 4.69) is 0 Å². The molecule has 0 radical (unpaired) electrons. The molecular formula is C11H13ClO2. The van der Waals surface area contributed by atoms with Gasteiger partial charge < -0.3 is 4.74 Å². The van der Waals surface area contributed by atoms with Crippen LogP contribution in [-0.4, -0.2) is 13.1 Å². The summed E-state index contributed by atoms with van der Waals surface area (Å²) in [4.78, 5) is 11.4. The van der Waals surface area contributed by atoms with Crippen LogP contribution in [0.3, 0.4) is 0 Å². The molecule has 3 heteroatoms. The molecule has 0 spiro atoms. The van der Waals surface area contributed by atoms with Crippen molar-refractivity contribution < 1.29 is 9.53 Å². The Hall–Kier alpha value is -1.02. The van der Waals surface area contributed by atoms with Crippen LogP contribution in [0, 0.1) is 0 Å². The molecule has 0 bridgehead atoms. The fourth-order valence-corrected chi connectivity index (χ4v) is 1.68. The Morgan fingerprint density at radius 3 is 2.64 bits per heavy atom. The fraction of sp³-hybridized carbons (Fsp3) is 0.364. The van der Waals surface area contributed by atoms with E-state index in [1.54, 1.807) is 6.07 Å². The molecule has 0 amide bonds. The molecule has 1 aromatic carbocycles. The van der Waals surface area contributed by atoms with Crippen LogP contribution in [0.4, 0.5) is 0 Å². The average molecular weight is 213 g/mol. The summed E-state index contributed by atoms with van der Waals surface area (Å²) >= 11 is 5.99. The van der Waals surface area contributed by atoms with Crippen molar-refractivity contribution in [2.24, 2.45) is 0 Å². The van der Waals surface area contributed by atoms with Crippen molar-refractivity contribution in [3.8, 4) is 0 Å². The highest BCUT2D eigenvalue weighted by atomic mass is 35.5. The van der Waals surface area contributed by atoms with E-state index in [1.165, 1.54) is 7.11 Å². The van der Waals surface area contributed by atoms with E-state index in [9.17, 15) is 4.79 Å². The maximum absolute atomic E-state index is 11.4. The van der Waals surface area contributed by atoms with Crippen LogP contribution in [0.15, 0.2) is 24.3 Å². The third kappa shape index (κ3) is 2.26. The van der Waals surface area contributed by atoms with Crippen LogP contribution in [0.2, 0.25) is 5.02 Å². The molecule has 0 aliphatic carbocycles. The van der Waals surface area contributed by atoms with Crippen molar-refractivity contribution in [2.75, 3.05) is 7.11 Å². The van der Waals surface area contributed by atoms with E-state index in [0.717, 1.165) is 5.56 Å². The Morgan fingerprint density at radius 1 is 1.50 bits per heavy atom. The topological polar surface area (TPSA) is 26.3 Å². The molecule has 2 nitrogen and oxygen atoms in total. The molecule has 1 atom stereocenters. The summed E-state index contributed by atoms with van der Waals surface area (Å²) in [6.45, 7) is 1.94. The lowest BCUT2D eigenvalue weighted by molar-refractivity contribution is -0.142. The zero-order chi connectivity index (χ0) is 10.6. The fourth-order valence-electron chi connectivity index (χ4n) is 1.41. The number of hydrogen-bond acceptors (Lipinski definition) is 2. The first-order chi connectivity index (χ1) is 6.70. The smallest absolute Gasteiger partial charge is 0.313 e. The Bertz CT molecular complexity index is 323. The van der Waals surface area contributed by atoms with Gasteiger partial charge in [0.25, 0.3) is 0 Å². The van der Waals surface area contributed by atoms with Gasteiger partial charge in [0.2, 0.25) is 0 Å². The van der Waals surface area contributed by atoms with Crippen molar-refractivity contribution in [1.29, 1.82) is 0 Å². The van der Waals surface area contributed by atoms with Crippen molar-refractivity contribution in [2.45, 2.75) is 19.3 Å². The molecule has 0 aromatic heterocycles. The third-order valence-electron chi connectivity index (χ3n) is 2.17. The van der Waals surface area contributed by atoms with E-state index < -0.39 is 0 Å². The van der Waals surface area contributed by atoms with E-state index >= 15 is 0 Å². The summed E-state index contributed by atoms with van der Waals surface area (Å²) in [5.74, 6) is -0.491. The summed E-state index contributed by atoms with van der Waals surface area (Å²) in [7, 11) is 1.39. The van der Waals surface area contributed by atoms with Crippen LogP contribution < -0.4 is 0 Å². The largest absolute Gasteiger partial charge is 0.469 e. The lowest BCUT2D eigenvalue weighted by atomic mass is 9.97. The molecule has 1 aromatic rings. The maximum Gasteiger partial charge on any atom is 0.313 e. The zero-order valence-corrected chi connectivity index (χ0v) is 9.04. The first-order valence-electron chi connectivity index (χ1n) is 4.53. The summed E-state index contributed by atoms with van der Waals surface area (Å²) in [6.07, 6.45) is 0.691. The molecule has 76 valence electrons. The highest BCUT2D eigenvalue weighted by molar-refractivity contribution is 6.31. The van der Waals surface area contributed by atoms with Crippen molar-refractivity contribution >= 4 is 17.6 Å². The van der Waals surface area contributed by atoms with Crippen LogP contribution in [0.5, 0.6) is 0 Å². The number of methoxy groups -OCH3 is 1. The highest BCUT2D eigenvalue weighted by Gasteiger charge is 2.20. The van der Waals surface area contributed by atoms with Crippen molar-refractivity contribution in [1.82, 2.24) is 0 Å². The molecule has 0 aliphatic heterocycles. The lowest BCUT2D eigenvalue weighted by Crippen LogP contribution is -2.13. The van der Waals surface area contributed by atoms with Crippen LogP contribution in [0.1, 0.15) is 24.8 Å². The second-order valence-corrected chi connectivity index (χ2v) is 3.41. The molecular weight excluding hydrogens is 200 g/mol. The van der Waals surface area contributed by atoms with E-state index in [0.29, 0.717) is 11.4 Å². The van der Waals surface area contributed by atoms with E-state index in [-0.39, 0.29) is 11.9 Å². The summed E-state index contributed by atoms with van der Waals surface area (Å²) in [5, 5.41) is 0.616. The summed E-state index contributed by atoms with van der Waals surface area (Å²) in [6, 6.07) is 7.35. The van der Waals surface area contributed by atoms with Gasteiger partial charge in [-0.1, -0.05) is 36.7 Å². The Morgan fingerprint density at radius 2 is 2.14 bits per heavy atom. The number of hydrogen-bond donors (Lipinski definition) is 0. The number of carbonyl (C=O) groups is 1. The molecule has 0 aliphatic rings. The minimum Gasteiger partial charge on any atom is -0.469 e. The van der Waals surface area contributed by atoms with Gasteiger partial charge in [0.1, 0.15) is 0 Å². The number of ether oxygens (including phenoxy) is 1. The van der Waals surface area contributed by atoms with Crippen LogP contribution in [-0.2, 0) is 9.53 Å². The molecule has 14 heavy (non-hydrogen) atoms. The maximum atomic E-state index is 11.4. The first kappa shape index (κ1) is 11.1.